The molecule has 2 aromatic rings. The number of hydrogen-bond acceptors (Lipinski definition) is 4. The fourth-order valence-electron chi connectivity index (χ4n) is 2.50. The summed E-state index contributed by atoms with van der Waals surface area (Å²) < 4.78 is 0. The highest BCUT2D eigenvalue weighted by Crippen LogP contribution is 2.30. The average molecular weight is 402 g/mol. The molecular formula is C19H13Cl2N3O3. The lowest BCUT2D eigenvalue weighted by molar-refractivity contribution is -0.384. The number of amides is 1. The molecule has 1 aliphatic heterocycles. The lowest BCUT2D eigenvalue weighted by Crippen LogP contribution is -2.21. The number of benzene rings is 2. The number of nitro groups is 1. The van der Waals surface area contributed by atoms with E-state index in [1.54, 1.807) is 55.5 Å². The van der Waals surface area contributed by atoms with E-state index in [4.69, 9.17) is 23.2 Å². The minimum Gasteiger partial charge on any atom is -0.267 e. The summed E-state index contributed by atoms with van der Waals surface area (Å²) in [6.45, 7) is 1.72. The molecular weight excluding hydrogens is 389 g/mol. The van der Waals surface area contributed by atoms with Crippen LogP contribution < -0.4 is 5.01 Å². The molecule has 0 saturated carbocycles. The van der Waals surface area contributed by atoms with Gasteiger partial charge in [0.1, 0.15) is 0 Å². The molecule has 0 spiro atoms. The fourth-order valence-corrected chi connectivity index (χ4v) is 2.79. The molecule has 1 aliphatic rings. The van der Waals surface area contributed by atoms with Crippen LogP contribution in [0.2, 0.25) is 10.0 Å². The van der Waals surface area contributed by atoms with Crippen molar-refractivity contribution in [2.24, 2.45) is 5.10 Å². The van der Waals surface area contributed by atoms with Gasteiger partial charge in [-0.25, -0.2) is 0 Å². The van der Waals surface area contributed by atoms with Crippen LogP contribution in [0, 0.1) is 10.1 Å². The van der Waals surface area contributed by atoms with Crippen LogP contribution in [-0.4, -0.2) is 16.5 Å². The molecule has 1 heterocycles. The van der Waals surface area contributed by atoms with Gasteiger partial charge in [-0.2, -0.15) is 10.1 Å². The Balaban J connectivity index is 1.82. The van der Waals surface area contributed by atoms with Gasteiger partial charge in [-0.05, 0) is 36.8 Å². The Bertz CT molecular complexity index is 1030. The second kappa shape index (κ2) is 7.73. The number of non-ortho nitro benzene ring substituents is 1. The van der Waals surface area contributed by atoms with E-state index in [2.05, 4.69) is 5.10 Å². The van der Waals surface area contributed by atoms with Crippen LogP contribution in [0.1, 0.15) is 12.5 Å². The third-order valence-corrected chi connectivity index (χ3v) is 4.58. The van der Waals surface area contributed by atoms with E-state index >= 15 is 0 Å². The molecule has 0 bridgehead atoms. The molecule has 0 unspecified atom stereocenters. The van der Waals surface area contributed by atoms with Gasteiger partial charge < -0.3 is 0 Å². The molecule has 8 heteroatoms. The minimum atomic E-state index is -0.456. The van der Waals surface area contributed by atoms with Crippen molar-refractivity contribution in [1.82, 2.24) is 0 Å². The number of nitrogens with zero attached hydrogens (tertiary/aromatic N) is 3. The molecule has 2 aromatic carbocycles. The molecule has 3 rings (SSSR count). The van der Waals surface area contributed by atoms with E-state index in [9.17, 15) is 14.9 Å². The Labute approximate surface area is 165 Å². The summed E-state index contributed by atoms with van der Waals surface area (Å²) in [4.78, 5) is 23.0. The quantitative estimate of drug-likeness (QED) is 0.398. The third kappa shape index (κ3) is 4.07. The summed E-state index contributed by atoms with van der Waals surface area (Å²) in [5, 5.41) is 17.1. The molecule has 0 saturated heterocycles. The third-order valence-electron chi connectivity index (χ3n) is 3.84. The van der Waals surface area contributed by atoms with Crippen LogP contribution in [0.25, 0.3) is 6.08 Å². The highest BCUT2D eigenvalue weighted by atomic mass is 35.5. The summed E-state index contributed by atoms with van der Waals surface area (Å²) in [5.41, 5.74) is 2.14. The predicted octanol–water partition coefficient (Wildman–Crippen LogP) is 5.26. The van der Waals surface area contributed by atoms with Crippen molar-refractivity contribution in [1.29, 1.82) is 0 Å². The number of hydrogen-bond donors (Lipinski definition) is 0. The van der Waals surface area contributed by atoms with Gasteiger partial charge in [0.25, 0.3) is 11.6 Å². The first-order chi connectivity index (χ1) is 12.9. The zero-order chi connectivity index (χ0) is 19.6. The summed E-state index contributed by atoms with van der Waals surface area (Å²) in [5.74, 6) is -0.297. The molecule has 0 atom stereocenters. The lowest BCUT2D eigenvalue weighted by atomic mass is 10.1. The van der Waals surface area contributed by atoms with Gasteiger partial charge in [0.2, 0.25) is 0 Å². The first-order valence-electron chi connectivity index (χ1n) is 7.85. The van der Waals surface area contributed by atoms with Gasteiger partial charge in [-0.1, -0.05) is 47.5 Å². The number of carbonyl (C=O) groups is 1. The normalized spacial score (nSPS) is 15.7. The van der Waals surface area contributed by atoms with Crippen molar-refractivity contribution in [3.05, 3.63) is 85.9 Å². The Morgan fingerprint density at radius 2 is 1.93 bits per heavy atom. The number of halogens is 2. The van der Waals surface area contributed by atoms with Crippen molar-refractivity contribution >= 4 is 52.3 Å². The van der Waals surface area contributed by atoms with Gasteiger partial charge >= 0.3 is 0 Å². The van der Waals surface area contributed by atoms with Crippen LogP contribution in [0.5, 0.6) is 0 Å². The van der Waals surface area contributed by atoms with Crippen LogP contribution in [-0.2, 0) is 4.79 Å². The summed E-state index contributed by atoms with van der Waals surface area (Å²) in [6.07, 6.45) is 4.96. The molecule has 0 radical (unpaired) electrons. The Hall–Kier alpha value is -2.96. The van der Waals surface area contributed by atoms with E-state index in [1.165, 1.54) is 17.1 Å². The largest absolute Gasteiger partial charge is 0.280 e. The van der Waals surface area contributed by atoms with Crippen molar-refractivity contribution in [3.8, 4) is 0 Å². The minimum absolute atomic E-state index is 0.00489. The van der Waals surface area contributed by atoms with E-state index in [0.29, 0.717) is 32.6 Å². The second-order valence-corrected chi connectivity index (χ2v) is 6.51. The van der Waals surface area contributed by atoms with Crippen LogP contribution in [0.4, 0.5) is 11.4 Å². The zero-order valence-electron chi connectivity index (χ0n) is 14.1. The maximum absolute atomic E-state index is 12.6. The lowest BCUT2D eigenvalue weighted by Gasteiger charge is -2.12. The van der Waals surface area contributed by atoms with Gasteiger partial charge in [-0.15, -0.1) is 0 Å². The summed E-state index contributed by atoms with van der Waals surface area (Å²) in [6, 6.07) is 11.0. The van der Waals surface area contributed by atoms with Crippen molar-refractivity contribution in [3.63, 3.8) is 0 Å². The van der Waals surface area contributed by atoms with Crippen LogP contribution in [0.3, 0.4) is 0 Å². The van der Waals surface area contributed by atoms with E-state index in [1.807, 2.05) is 0 Å². The standard InChI is InChI=1S/C19H13Cl2N3O3/c1-12-16(7-3-5-13-4-2-6-15(10-13)24(26)27)19(25)23(22-12)14-8-9-17(20)18(21)11-14/h2-11H,1H3/b5-3+,16-7-. The first-order valence-corrected chi connectivity index (χ1v) is 8.60. The maximum atomic E-state index is 12.6. The smallest absolute Gasteiger partial charge is 0.267 e. The number of rotatable bonds is 4. The molecule has 27 heavy (non-hydrogen) atoms. The molecule has 6 nitrogen and oxygen atoms in total. The number of anilines is 1. The number of carbonyl (C=O) groups excluding carboxylic acids is 1. The maximum Gasteiger partial charge on any atom is 0.280 e. The molecule has 1 amide bonds. The number of allylic oxidation sites excluding steroid dienone is 2. The van der Waals surface area contributed by atoms with Crippen molar-refractivity contribution in [2.45, 2.75) is 6.92 Å². The Kier molecular flexibility index (Phi) is 5.39. The van der Waals surface area contributed by atoms with E-state index in [-0.39, 0.29) is 11.6 Å². The second-order valence-electron chi connectivity index (χ2n) is 5.69. The monoisotopic (exact) mass is 401 g/mol. The number of nitro benzene ring substituents is 1. The Morgan fingerprint density at radius 1 is 1.15 bits per heavy atom. The molecule has 0 fully saturated rings. The van der Waals surface area contributed by atoms with E-state index < -0.39 is 4.92 Å². The summed E-state index contributed by atoms with van der Waals surface area (Å²) >= 11 is 11.9. The van der Waals surface area contributed by atoms with Crippen molar-refractivity contribution < 1.29 is 9.72 Å². The summed E-state index contributed by atoms with van der Waals surface area (Å²) in [7, 11) is 0. The zero-order valence-corrected chi connectivity index (χ0v) is 15.6. The number of hydrazone groups is 1. The van der Waals surface area contributed by atoms with E-state index in [0.717, 1.165) is 0 Å². The van der Waals surface area contributed by atoms with Crippen molar-refractivity contribution in [2.75, 3.05) is 5.01 Å². The Morgan fingerprint density at radius 3 is 2.63 bits per heavy atom. The predicted molar refractivity (Wildman–Crippen MR) is 107 cm³/mol. The van der Waals surface area contributed by atoms with Gasteiger partial charge in [-0.3, -0.25) is 14.9 Å². The molecule has 0 aliphatic carbocycles. The van der Waals surface area contributed by atoms with Crippen LogP contribution in [0.15, 0.2) is 65.3 Å². The van der Waals surface area contributed by atoms with Crippen LogP contribution >= 0.6 is 23.2 Å². The fraction of sp³-hybridized carbons (Fsp3) is 0.0526. The highest BCUT2D eigenvalue weighted by Gasteiger charge is 2.28. The van der Waals surface area contributed by atoms with Gasteiger partial charge in [0.15, 0.2) is 0 Å². The SMILES string of the molecule is CC1=NN(c2ccc(Cl)c(Cl)c2)C(=O)/C1=C\C=C\c1cccc([N+](=O)[O-])c1. The highest BCUT2D eigenvalue weighted by molar-refractivity contribution is 6.42. The molecule has 0 N–H and O–H groups in total. The van der Waals surface area contributed by atoms with Gasteiger partial charge in [0, 0.05) is 12.1 Å². The van der Waals surface area contributed by atoms with Gasteiger partial charge in [0.05, 0.1) is 31.9 Å². The molecule has 0 aromatic heterocycles. The first kappa shape index (κ1) is 18.8. The molecule has 136 valence electrons. The average Bonchev–Trinajstić information content (AvgIpc) is 2.92. The topological polar surface area (TPSA) is 75.8 Å².